The molecular weight excluding hydrogens is 354 g/mol. The molecule has 3 heterocycles. The Bertz CT molecular complexity index is 762. The fraction of sp³-hybridized carbons (Fsp3) is 0.524. The van der Waals surface area contributed by atoms with Crippen molar-refractivity contribution in [1.29, 1.82) is 0 Å². The Morgan fingerprint density at radius 3 is 2.59 bits per heavy atom. The van der Waals surface area contributed by atoms with E-state index >= 15 is 0 Å². The average molecular weight is 386 g/mol. The SMILES string of the molecule is CN(C)CCCN1C(=S)N[C@@H](c2ccccn2)[C@H]1c1ccn(C(C)(C)C)c1. The van der Waals surface area contributed by atoms with Crippen LogP contribution < -0.4 is 5.32 Å². The Hall–Kier alpha value is -1.92. The van der Waals surface area contributed by atoms with E-state index < -0.39 is 0 Å². The van der Waals surface area contributed by atoms with Gasteiger partial charge in [-0.05, 0) is 83.8 Å². The van der Waals surface area contributed by atoms with Crippen molar-refractivity contribution in [2.45, 2.75) is 44.8 Å². The zero-order valence-electron chi connectivity index (χ0n) is 17.0. The molecule has 2 aromatic rings. The maximum absolute atomic E-state index is 5.72. The molecule has 1 N–H and O–H groups in total. The average Bonchev–Trinajstić information content (AvgIpc) is 3.20. The van der Waals surface area contributed by atoms with Gasteiger partial charge in [-0.15, -0.1) is 0 Å². The molecule has 2 aromatic heterocycles. The molecule has 146 valence electrons. The molecule has 2 atom stereocenters. The highest BCUT2D eigenvalue weighted by atomic mass is 32.1. The van der Waals surface area contributed by atoms with Crippen LogP contribution in [0.1, 0.15) is 50.5 Å². The molecule has 3 rings (SSSR count). The van der Waals surface area contributed by atoms with Crippen LogP contribution in [-0.4, -0.2) is 51.6 Å². The number of aromatic nitrogens is 2. The molecule has 27 heavy (non-hydrogen) atoms. The fourth-order valence-corrected chi connectivity index (χ4v) is 3.90. The highest BCUT2D eigenvalue weighted by Gasteiger charge is 2.40. The minimum atomic E-state index is 0.0566. The predicted octanol–water partition coefficient (Wildman–Crippen LogP) is 3.56. The summed E-state index contributed by atoms with van der Waals surface area (Å²) in [5, 5.41) is 4.34. The first-order valence-corrected chi connectivity index (χ1v) is 9.99. The summed E-state index contributed by atoms with van der Waals surface area (Å²) in [6.07, 6.45) is 7.35. The van der Waals surface area contributed by atoms with Gasteiger partial charge in [-0.1, -0.05) is 6.07 Å². The normalized spacial score (nSPS) is 20.4. The summed E-state index contributed by atoms with van der Waals surface area (Å²) in [6.45, 7) is 8.64. The minimum absolute atomic E-state index is 0.0566. The van der Waals surface area contributed by atoms with Gasteiger partial charge >= 0.3 is 0 Å². The van der Waals surface area contributed by atoms with Gasteiger partial charge in [-0.25, -0.2) is 0 Å². The molecule has 0 saturated carbocycles. The summed E-state index contributed by atoms with van der Waals surface area (Å²) in [5.41, 5.74) is 2.36. The monoisotopic (exact) mass is 385 g/mol. The second-order valence-corrected chi connectivity index (χ2v) is 8.89. The third-order valence-electron chi connectivity index (χ3n) is 5.03. The number of hydrogen-bond donors (Lipinski definition) is 1. The third kappa shape index (κ3) is 4.50. The number of hydrogen-bond acceptors (Lipinski definition) is 3. The maximum Gasteiger partial charge on any atom is 0.170 e. The van der Waals surface area contributed by atoms with Crippen molar-refractivity contribution < 1.29 is 0 Å². The van der Waals surface area contributed by atoms with Gasteiger partial charge < -0.3 is 19.7 Å². The minimum Gasteiger partial charge on any atom is -0.352 e. The van der Waals surface area contributed by atoms with Crippen LogP contribution in [0.15, 0.2) is 42.9 Å². The predicted molar refractivity (Wildman–Crippen MR) is 115 cm³/mol. The summed E-state index contributed by atoms with van der Waals surface area (Å²) in [4.78, 5) is 9.16. The highest BCUT2D eigenvalue weighted by molar-refractivity contribution is 7.80. The van der Waals surface area contributed by atoms with Crippen molar-refractivity contribution in [2.24, 2.45) is 0 Å². The molecule has 0 aromatic carbocycles. The van der Waals surface area contributed by atoms with Gasteiger partial charge in [-0.2, -0.15) is 0 Å². The fourth-order valence-electron chi connectivity index (χ4n) is 3.57. The van der Waals surface area contributed by atoms with E-state index in [0.29, 0.717) is 0 Å². The molecule has 1 fully saturated rings. The molecule has 0 unspecified atom stereocenters. The number of pyridine rings is 1. The Morgan fingerprint density at radius 2 is 2.00 bits per heavy atom. The van der Waals surface area contributed by atoms with Gasteiger partial charge in [0.1, 0.15) is 0 Å². The molecular formula is C21H31N5S. The molecule has 0 radical (unpaired) electrons. The van der Waals surface area contributed by atoms with E-state index in [2.05, 4.69) is 84.1 Å². The number of nitrogens with one attached hydrogen (secondary N) is 1. The lowest BCUT2D eigenvalue weighted by Crippen LogP contribution is -2.32. The summed E-state index contributed by atoms with van der Waals surface area (Å²) in [5.74, 6) is 0. The van der Waals surface area contributed by atoms with Gasteiger partial charge in [0.25, 0.3) is 0 Å². The smallest absolute Gasteiger partial charge is 0.170 e. The van der Waals surface area contributed by atoms with Crippen LogP contribution in [0, 0.1) is 0 Å². The lowest BCUT2D eigenvalue weighted by Gasteiger charge is -2.28. The van der Waals surface area contributed by atoms with E-state index in [-0.39, 0.29) is 17.6 Å². The zero-order valence-corrected chi connectivity index (χ0v) is 17.8. The van der Waals surface area contributed by atoms with Gasteiger partial charge in [-0.3, -0.25) is 4.98 Å². The van der Waals surface area contributed by atoms with Gasteiger partial charge in [0.15, 0.2) is 5.11 Å². The number of rotatable bonds is 6. The molecule has 1 aliphatic rings. The molecule has 0 aliphatic carbocycles. The summed E-state index contributed by atoms with van der Waals surface area (Å²) < 4.78 is 2.27. The van der Waals surface area contributed by atoms with E-state index in [1.807, 2.05) is 18.3 Å². The lowest BCUT2D eigenvalue weighted by atomic mass is 9.99. The highest BCUT2D eigenvalue weighted by Crippen LogP contribution is 2.39. The third-order valence-corrected chi connectivity index (χ3v) is 5.39. The van der Waals surface area contributed by atoms with E-state index in [9.17, 15) is 0 Å². The van der Waals surface area contributed by atoms with Crippen molar-refractivity contribution >= 4 is 17.3 Å². The summed E-state index contributed by atoms with van der Waals surface area (Å²) in [7, 11) is 4.22. The molecule has 5 nitrogen and oxygen atoms in total. The van der Waals surface area contributed by atoms with Gasteiger partial charge in [0.2, 0.25) is 0 Å². The Morgan fingerprint density at radius 1 is 1.22 bits per heavy atom. The van der Waals surface area contributed by atoms with Gasteiger partial charge in [0, 0.05) is 30.7 Å². The quantitative estimate of drug-likeness (QED) is 0.770. The lowest BCUT2D eigenvalue weighted by molar-refractivity contribution is 0.292. The van der Waals surface area contributed by atoms with Crippen molar-refractivity contribution in [2.75, 3.05) is 27.2 Å². The van der Waals surface area contributed by atoms with Crippen LogP contribution in [-0.2, 0) is 5.54 Å². The Kier molecular flexibility index (Phi) is 5.86. The summed E-state index contributed by atoms with van der Waals surface area (Å²) >= 11 is 5.72. The zero-order chi connectivity index (χ0) is 19.6. The van der Waals surface area contributed by atoms with Crippen molar-refractivity contribution in [3.05, 3.63) is 54.1 Å². The molecule has 0 amide bonds. The van der Waals surface area contributed by atoms with E-state index in [1.165, 1.54) is 5.56 Å². The first-order valence-electron chi connectivity index (χ1n) is 9.58. The summed E-state index contributed by atoms with van der Waals surface area (Å²) in [6, 6.07) is 8.51. The standard InChI is InChI=1S/C21H31N5S/c1-21(2,3)25-14-10-16(15-25)19-18(17-9-6-7-11-22-17)23-20(27)26(19)13-8-12-24(4)5/h6-7,9-11,14-15,18-19H,8,12-13H2,1-5H3,(H,23,27)/t18-,19+/m0/s1. The van der Waals surface area contributed by atoms with Crippen LogP contribution in [0.4, 0.5) is 0 Å². The van der Waals surface area contributed by atoms with Crippen LogP contribution >= 0.6 is 12.2 Å². The second kappa shape index (κ2) is 7.98. The van der Waals surface area contributed by atoms with E-state index in [1.54, 1.807) is 0 Å². The molecule has 0 bridgehead atoms. The largest absolute Gasteiger partial charge is 0.352 e. The van der Waals surface area contributed by atoms with Crippen LogP contribution in [0.25, 0.3) is 0 Å². The van der Waals surface area contributed by atoms with E-state index in [4.69, 9.17) is 12.2 Å². The second-order valence-electron chi connectivity index (χ2n) is 8.50. The van der Waals surface area contributed by atoms with Crippen molar-refractivity contribution in [1.82, 2.24) is 24.7 Å². The van der Waals surface area contributed by atoms with E-state index in [0.717, 1.165) is 30.3 Å². The first-order chi connectivity index (χ1) is 12.8. The molecule has 6 heteroatoms. The maximum atomic E-state index is 5.72. The topological polar surface area (TPSA) is 36.3 Å². The molecule has 1 saturated heterocycles. The van der Waals surface area contributed by atoms with Crippen LogP contribution in [0.5, 0.6) is 0 Å². The van der Waals surface area contributed by atoms with Crippen LogP contribution in [0.3, 0.4) is 0 Å². The van der Waals surface area contributed by atoms with Crippen molar-refractivity contribution in [3.63, 3.8) is 0 Å². The molecule has 1 aliphatic heterocycles. The van der Waals surface area contributed by atoms with Crippen LogP contribution in [0.2, 0.25) is 0 Å². The first kappa shape index (κ1) is 19.8. The Labute approximate surface area is 168 Å². The Balaban J connectivity index is 1.92. The molecule has 0 spiro atoms. The van der Waals surface area contributed by atoms with Crippen molar-refractivity contribution in [3.8, 4) is 0 Å². The van der Waals surface area contributed by atoms with Gasteiger partial charge in [0.05, 0.1) is 17.8 Å². The number of nitrogens with zero attached hydrogens (tertiary/aromatic N) is 4. The number of thiocarbonyl (C=S) groups is 1.